The lowest BCUT2D eigenvalue weighted by Gasteiger charge is -2.28. The number of sulfonamides is 1. The van der Waals surface area contributed by atoms with Crippen LogP contribution in [0, 0.1) is 0 Å². The van der Waals surface area contributed by atoms with Crippen molar-refractivity contribution in [2.75, 3.05) is 26.8 Å². The minimum Gasteiger partial charge on any atom is -0.383 e. The fraction of sp³-hybridized carbons (Fsp3) is 0.500. The molecule has 8 heteroatoms. The Labute approximate surface area is 133 Å². The highest BCUT2D eigenvalue weighted by Gasteiger charge is 2.34. The van der Waals surface area contributed by atoms with Crippen LogP contribution in [0.5, 0.6) is 0 Å². The van der Waals surface area contributed by atoms with E-state index in [2.05, 4.69) is 15.0 Å². The number of nitrogens with zero attached hydrogens (tertiary/aromatic N) is 1. The van der Waals surface area contributed by atoms with Crippen molar-refractivity contribution >= 4 is 31.6 Å². The molecule has 1 atom stereocenters. The number of methoxy groups -OCH3 is 1. The van der Waals surface area contributed by atoms with Gasteiger partial charge in [0, 0.05) is 13.7 Å². The number of hydrogen-bond acceptors (Lipinski definition) is 6. The quantitative estimate of drug-likeness (QED) is 0.829. The summed E-state index contributed by atoms with van der Waals surface area (Å²) in [5.74, 6) is 0. The molecule has 22 heavy (non-hydrogen) atoms. The monoisotopic (exact) mass is 341 g/mol. The van der Waals surface area contributed by atoms with Gasteiger partial charge >= 0.3 is 0 Å². The summed E-state index contributed by atoms with van der Waals surface area (Å²) < 4.78 is 33.8. The van der Waals surface area contributed by atoms with Crippen LogP contribution in [0.15, 0.2) is 28.6 Å². The summed E-state index contributed by atoms with van der Waals surface area (Å²) in [6, 6.07) is 5.00. The Morgan fingerprint density at radius 3 is 3.09 bits per heavy atom. The lowest BCUT2D eigenvalue weighted by Crippen LogP contribution is -2.52. The Kier molecular flexibility index (Phi) is 4.47. The molecule has 1 aromatic heterocycles. The molecule has 1 aliphatic heterocycles. The molecule has 1 aliphatic rings. The summed E-state index contributed by atoms with van der Waals surface area (Å²) in [5, 5.41) is 3.36. The molecular formula is C14H19N3O3S2. The van der Waals surface area contributed by atoms with E-state index in [1.807, 2.05) is 0 Å². The van der Waals surface area contributed by atoms with E-state index in [0.29, 0.717) is 13.2 Å². The smallest absolute Gasteiger partial charge is 0.240 e. The topological polar surface area (TPSA) is 80.3 Å². The Bertz CT molecular complexity index is 752. The van der Waals surface area contributed by atoms with Gasteiger partial charge < -0.3 is 10.1 Å². The molecule has 3 rings (SSSR count). The van der Waals surface area contributed by atoms with E-state index < -0.39 is 10.0 Å². The Hall–Kier alpha value is -1.06. The molecule has 0 spiro atoms. The number of nitrogens with one attached hydrogen (secondary N) is 2. The number of thiazole rings is 1. The molecule has 1 saturated heterocycles. The van der Waals surface area contributed by atoms with Crippen LogP contribution in [0.4, 0.5) is 0 Å². The van der Waals surface area contributed by atoms with E-state index in [9.17, 15) is 8.42 Å². The maximum absolute atomic E-state index is 12.5. The second-order valence-corrected chi connectivity index (χ2v) is 8.20. The van der Waals surface area contributed by atoms with Crippen molar-refractivity contribution in [2.45, 2.75) is 23.3 Å². The summed E-state index contributed by atoms with van der Waals surface area (Å²) in [6.07, 6.45) is 1.93. The summed E-state index contributed by atoms with van der Waals surface area (Å²) in [7, 11) is -1.91. The standard InChI is InChI=1S/C14H19N3O3S2/c1-20-9-14(5-2-6-16-14)8-17-22(18,19)11-3-4-12-13(7-11)21-10-15-12/h3-4,7,10,16-17H,2,5-6,8-9H2,1H3. The zero-order valence-corrected chi connectivity index (χ0v) is 14.0. The zero-order valence-electron chi connectivity index (χ0n) is 12.3. The van der Waals surface area contributed by atoms with Crippen molar-refractivity contribution in [3.8, 4) is 0 Å². The predicted molar refractivity (Wildman–Crippen MR) is 86.7 cm³/mol. The SMILES string of the molecule is COCC1(CNS(=O)(=O)c2ccc3ncsc3c2)CCCN1. The van der Waals surface area contributed by atoms with Crippen LogP contribution in [-0.4, -0.2) is 45.7 Å². The summed E-state index contributed by atoms with van der Waals surface area (Å²) >= 11 is 1.43. The number of ether oxygens (including phenoxy) is 1. The van der Waals surface area contributed by atoms with Crippen LogP contribution in [-0.2, 0) is 14.8 Å². The van der Waals surface area contributed by atoms with E-state index in [-0.39, 0.29) is 10.4 Å². The fourth-order valence-corrected chi connectivity index (χ4v) is 4.73. The van der Waals surface area contributed by atoms with Crippen LogP contribution in [0.25, 0.3) is 10.2 Å². The average Bonchev–Trinajstić information content (AvgIpc) is 3.14. The van der Waals surface area contributed by atoms with Crippen LogP contribution in [0.3, 0.4) is 0 Å². The molecule has 0 amide bonds. The number of fused-ring (bicyclic) bond motifs is 1. The first-order valence-corrected chi connectivity index (χ1v) is 9.48. The van der Waals surface area contributed by atoms with Crippen LogP contribution in [0.1, 0.15) is 12.8 Å². The van der Waals surface area contributed by atoms with Gasteiger partial charge in [0.05, 0.1) is 32.8 Å². The Balaban J connectivity index is 1.77. The van der Waals surface area contributed by atoms with Crippen LogP contribution >= 0.6 is 11.3 Å². The maximum Gasteiger partial charge on any atom is 0.240 e. The van der Waals surface area contributed by atoms with Crippen molar-refractivity contribution < 1.29 is 13.2 Å². The van der Waals surface area contributed by atoms with E-state index >= 15 is 0 Å². The molecule has 2 aromatic rings. The molecule has 120 valence electrons. The molecule has 2 heterocycles. The lowest BCUT2D eigenvalue weighted by atomic mass is 9.99. The molecule has 1 unspecified atom stereocenters. The molecule has 1 fully saturated rings. The summed E-state index contributed by atoms with van der Waals surface area (Å²) in [5.41, 5.74) is 2.22. The third-order valence-electron chi connectivity index (χ3n) is 3.97. The molecule has 0 bridgehead atoms. The van der Waals surface area contributed by atoms with Crippen molar-refractivity contribution in [1.29, 1.82) is 0 Å². The first-order valence-electron chi connectivity index (χ1n) is 7.12. The summed E-state index contributed by atoms with van der Waals surface area (Å²) in [4.78, 5) is 4.44. The molecule has 1 aromatic carbocycles. The van der Waals surface area contributed by atoms with Crippen molar-refractivity contribution in [2.24, 2.45) is 0 Å². The minimum absolute atomic E-state index is 0.273. The third kappa shape index (κ3) is 3.16. The second-order valence-electron chi connectivity index (χ2n) is 5.55. The molecule has 6 nitrogen and oxygen atoms in total. The van der Waals surface area contributed by atoms with Gasteiger partial charge in [-0.15, -0.1) is 11.3 Å². The maximum atomic E-state index is 12.5. The second kappa shape index (κ2) is 6.21. The summed E-state index contributed by atoms with van der Waals surface area (Å²) in [6.45, 7) is 1.70. The Morgan fingerprint density at radius 1 is 1.50 bits per heavy atom. The van der Waals surface area contributed by atoms with Crippen molar-refractivity contribution in [3.63, 3.8) is 0 Å². The van der Waals surface area contributed by atoms with Gasteiger partial charge in [-0.2, -0.15) is 0 Å². The van der Waals surface area contributed by atoms with E-state index in [1.54, 1.807) is 30.8 Å². The van der Waals surface area contributed by atoms with Crippen molar-refractivity contribution in [3.05, 3.63) is 23.7 Å². The molecule has 2 N–H and O–H groups in total. The third-order valence-corrected chi connectivity index (χ3v) is 6.16. The highest BCUT2D eigenvalue weighted by Crippen LogP contribution is 2.23. The van der Waals surface area contributed by atoms with E-state index in [0.717, 1.165) is 29.6 Å². The van der Waals surface area contributed by atoms with Gasteiger partial charge in [-0.25, -0.2) is 18.1 Å². The lowest BCUT2D eigenvalue weighted by molar-refractivity contribution is 0.122. The fourth-order valence-electron chi connectivity index (χ4n) is 2.79. The highest BCUT2D eigenvalue weighted by molar-refractivity contribution is 7.89. The molecule has 0 radical (unpaired) electrons. The predicted octanol–water partition coefficient (Wildman–Crippen LogP) is 1.34. The largest absolute Gasteiger partial charge is 0.383 e. The van der Waals surface area contributed by atoms with E-state index in [1.165, 1.54) is 11.3 Å². The van der Waals surface area contributed by atoms with Gasteiger partial charge in [-0.3, -0.25) is 0 Å². The number of benzene rings is 1. The van der Waals surface area contributed by atoms with Gasteiger partial charge in [0.2, 0.25) is 10.0 Å². The number of hydrogen-bond donors (Lipinski definition) is 2. The number of aromatic nitrogens is 1. The Morgan fingerprint density at radius 2 is 2.36 bits per heavy atom. The first-order chi connectivity index (χ1) is 10.5. The van der Waals surface area contributed by atoms with Gasteiger partial charge in [-0.1, -0.05) is 0 Å². The normalized spacial score (nSPS) is 22.4. The zero-order chi connectivity index (χ0) is 15.6. The van der Waals surface area contributed by atoms with Gasteiger partial charge in [0.1, 0.15) is 0 Å². The first kappa shape index (κ1) is 15.8. The molecule has 0 aliphatic carbocycles. The highest BCUT2D eigenvalue weighted by atomic mass is 32.2. The van der Waals surface area contributed by atoms with Crippen LogP contribution in [0.2, 0.25) is 0 Å². The van der Waals surface area contributed by atoms with Gasteiger partial charge in [0.15, 0.2) is 0 Å². The minimum atomic E-state index is -3.54. The molecule has 0 saturated carbocycles. The number of rotatable bonds is 6. The van der Waals surface area contributed by atoms with Gasteiger partial charge in [0.25, 0.3) is 0 Å². The molecular weight excluding hydrogens is 322 g/mol. The van der Waals surface area contributed by atoms with E-state index in [4.69, 9.17) is 4.74 Å². The van der Waals surface area contributed by atoms with Crippen LogP contribution < -0.4 is 10.0 Å². The van der Waals surface area contributed by atoms with Gasteiger partial charge in [-0.05, 0) is 37.6 Å². The van der Waals surface area contributed by atoms with Crippen molar-refractivity contribution in [1.82, 2.24) is 15.0 Å². The average molecular weight is 341 g/mol.